The van der Waals surface area contributed by atoms with Gasteiger partial charge in [0.15, 0.2) is 11.6 Å². The van der Waals surface area contributed by atoms with Crippen LogP contribution in [0, 0.1) is 0 Å². The molecule has 3 rings (SSSR count). The Kier molecular flexibility index (Phi) is 5.59. The van der Waals surface area contributed by atoms with Gasteiger partial charge in [-0.05, 0) is 39.3 Å². The van der Waals surface area contributed by atoms with Crippen molar-refractivity contribution < 1.29 is 9.53 Å². The van der Waals surface area contributed by atoms with E-state index in [2.05, 4.69) is 30.4 Å². The lowest BCUT2D eigenvalue weighted by Gasteiger charge is -2.41. The number of carbonyl (C=O) groups excluding carboxylic acids is 1. The van der Waals surface area contributed by atoms with Crippen LogP contribution in [0.25, 0.3) is 0 Å². The molecular formula is C17H25ClN8O2. The van der Waals surface area contributed by atoms with Gasteiger partial charge in [-0.2, -0.15) is 14.9 Å². The van der Waals surface area contributed by atoms with E-state index in [1.807, 2.05) is 27.7 Å². The largest absolute Gasteiger partial charge is 0.444 e. The lowest BCUT2D eigenvalue weighted by Crippen LogP contribution is -2.55. The van der Waals surface area contributed by atoms with Crippen molar-refractivity contribution in [1.29, 1.82) is 0 Å². The van der Waals surface area contributed by atoms with E-state index < -0.39 is 5.60 Å². The first-order chi connectivity index (χ1) is 13.1. The number of nitrogens with zero attached hydrogens (tertiary/aromatic N) is 7. The first-order valence-corrected chi connectivity index (χ1v) is 9.40. The van der Waals surface area contributed by atoms with Crippen molar-refractivity contribution in [2.75, 3.05) is 29.9 Å². The van der Waals surface area contributed by atoms with Crippen molar-refractivity contribution >= 4 is 35.0 Å². The third-order valence-corrected chi connectivity index (χ3v) is 4.36. The van der Waals surface area contributed by atoms with Crippen LogP contribution in [0.15, 0.2) is 12.4 Å². The van der Waals surface area contributed by atoms with Gasteiger partial charge in [0.2, 0.25) is 5.28 Å². The molecule has 1 atom stereocenters. The van der Waals surface area contributed by atoms with Crippen molar-refractivity contribution in [2.45, 2.75) is 39.3 Å². The molecule has 0 unspecified atom stereocenters. The molecule has 1 saturated heterocycles. The summed E-state index contributed by atoms with van der Waals surface area (Å²) in [6, 6.07) is -0.0383. The molecule has 10 nitrogen and oxygen atoms in total. The Morgan fingerprint density at radius 1 is 1.32 bits per heavy atom. The van der Waals surface area contributed by atoms with E-state index in [9.17, 15) is 4.79 Å². The van der Waals surface area contributed by atoms with Crippen LogP contribution in [0.3, 0.4) is 0 Å². The number of rotatable bonds is 3. The Morgan fingerprint density at radius 2 is 2.07 bits per heavy atom. The number of aromatic nitrogens is 5. The molecule has 0 saturated carbocycles. The second-order valence-electron chi connectivity index (χ2n) is 7.69. The third kappa shape index (κ3) is 4.80. The monoisotopic (exact) mass is 408 g/mol. The minimum Gasteiger partial charge on any atom is -0.444 e. The minimum atomic E-state index is -0.522. The van der Waals surface area contributed by atoms with E-state index in [0.717, 1.165) is 5.69 Å². The van der Waals surface area contributed by atoms with Crippen LogP contribution < -0.4 is 10.2 Å². The normalized spacial score (nSPS) is 17.6. The van der Waals surface area contributed by atoms with E-state index >= 15 is 0 Å². The van der Waals surface area contributed by atoms with Gasteiger partial charge in [-0.1, -0.05) is 0 Å². The fourth-order valence-corrected chi connectivity index (χ4v) is 3.10. The molecule has 1 N–H and O–H groups in total. The first-order valence-electron chi connectivity index (χ1n) is 9.03. The van der Waals surface area contributed by atoms with Gasteiger partial charge in [0, 0.05) is 32.7 Å². The zero-order chi connectivity index (χ0) is 20.5. The molecule has 3 heterocycles. The van der Waals surface area contributed by atoms with Gasteiger partial charge in [-0.15, -0.1) is 5.10 Å². The summed E-state index contributed by atoms with van der Waals surface area (Å²) < 4.78 is 5.51. The summed E-state index contributed by atoms with van der Waals surface area (Å²) in [6.45, 7) is 9.33. The van der Waals surface area contributed by atoms with Crippen LogP contribution in [0.2, 0.25) is 5.28 Å². The summed E-state index contributed by atoms with van der Waals surface area (Å²) in [6.07, 6.45) is 2.97. The number of anilines is 3. The summed E-state index contributed by atoms with van der Waals surface area (Å²) in [5.74, 6) is 1.09. The number of halogens is 1. The van der Waals surface area contributed by atoms with Crippen molar-refractivity contribution in [3.05, 3.63) is 17.7 Å². The molecule has 2 aromatic rings. The molecule has 1 amide bonds. The molecule has 0 aromatic carbocycles. The van der Waals surface area contributed by atoms with E-state index in [0.29, 0.717) is 31.3 Å². The van der Waals surface area contributed by atoms with E-state index in [1.165, 1.54) is 4.80 Å². The van der Waals surface area contributed by atoms with Crippen LogP contribution >= 0.6 is 11.6 Å². The van der Waals surface area contributed by atoms with Crippen molar-refractivity contribution in [2.24, 2.45) is 7.05 Å². The van der Waals surface area contributed by atoms with Crippen LogP contribution in [-0.4, -0.2) is 67.2 Å². The van der Waals surface area contributed by atoms with Crippen LogP contribution in [0.1, 0.15) is 27.7 Å². The number of aryl methyl sites for hydroxylation is 1. The number of carbonyl (C=O) groups is 1. The molecule has 11 heteroatoms. The van der Waals surface area contributed by atoms with Gasteiger partial charge in [-0.3, -0.25) is 0 Å². The number of ether oxygens (including phenoxy) is 1. The maximum absolute atomic E-state index is 12.4. The highest BCUT2D eigenvalue weighted by molar-refractivity contribution is 6.28. The summed E-state index contributed by atoms with van der Waals surface area (Å²) in [4.78, 5) is 26.2. The molecule has 1 aliphatic rings. The molecule has 2 aromatic heterocycles. The smallest absolute Gasteiger partial charge is 0.410 e. The second-order valence-corrected chi connectivity index (χ2v) is 8.02. The molecule has 152 valence electrons. The Hall–Kier alpha value is -2.62. The predicted molar refractivity (Wildman–Crippen MR) is 106 cm³/mol. The molecule has 0 spiro atoms. The fraction of sp³-hybridized carbons (Fsp3) is 0.588. The van der Waals surface area contributed by atoms with Crippen LogP contribution in [0.5, 0.6) is 0 Å². The quantitative estimate of drug-likeness (QED) is 0.772. The molecule has 0 bridgehead atoms. The summed E-state index contributed by atoms with van der Waals surface area (Å²) in [5.41, 5.74) is 0.261. The molecule has 1 aliphatic heterocycles. The fourth-order valence-electron chi connectivity index (χ4n) is 2.97. The van der Waals surface area contributed by atoms with Crippen LogP contribution in [0.4, 0.5) is 22.1 Å². The average Bonchev–Trinajstić information content (AvgIpc) is 2.98. The summed E-state index contributed by atoms with van der Waals surface area (Å²) in [5, 5.41) is 11.5. The standard InChI is InChI=1S/C17H25ClN8O2/c1-11-10-25(6-7-26(11)16(27)28-17(2,3)4)12-8-19-15(18)22-14(12)21-13-9-20-24(5)23-13/h8-9,11H,6-7,10H2,1-5H3,(H,19,21,22,23)/t11-/m1/s1. The highest BCUT2D eigenvalue weighted by atomic mass is 35.5. The van der Waals surface area contributed by atoms with Gasteiger partial charge in [0.25, 0.3) is 0 Å². The van der Waals surface area contributed by atoms with Gasteiger partial charge in [-0.25, -0.2) is 9.78 Å². The Morgan fingerprint density at radius 3 is 2.68 bits per heavy atom. The Bertz CT molecular complexity index is 850. The molecule has 0 radical (unpaired) electrons. The van der Waals surface area contributed by atoms with E-state index in [4.69, 9.17) is 16.3 Å². The molecule has 0 aliphatic carbocycles. The van der Waals surface area contributed by atoms with Crippen molar-refractivity contribution in [1.82, 2.24) is 29.9 Å². The number of piperazine rings is 1. The summed E-state index contributed by atoms with van der Waals surface area (Å²) in [7, 11) is 1.73. The topological polar surface area (TPSA) is 101 Å². The predicted octanol–water partition coefficient (Wildman–Crippen LogP) is 2.45. The second kappa shape index (κ2) is 7.78. The SMILES string of the molecule is C[C@@H]1CN(c2cnc(Cl)nc2Nc2cnn(C)n2)CCN1C(=O)OC(C)(C)C. The minimum absolute atomic E-state index is 0.0383. The lowest BCUT2D eigenvalue weighted by molar-refractivity contribution is 0.0159. The average molecular weight is 409 g/mol. The maximum Gasteiger partial charge on any atom is 0.410 e. The molecule has 28 heavy (non-hydrogen) atoms. The molecule has 1 fully saturated rings. The van der Waals surface area contributed by atoms with E-state index in [1.54, 1.807) is 24.3 Å². The zero-order valence-corrected chi connectivity index (χ0v) is 17.4. The third-order valence-electron chi connectivity index (χ3n) is 4.18. The number of hydrogen-bond donors (Lipinski definition) is 1. The Balaban J connectivity index is 1.75. The number of hydrogen-bond acceptors (Lipinski definition) is 8. The summed E-state index contributed by atoms with van der Waals surface area (Å²) >= 11 is 5.99. The number of nitrogens with one attached hydrogen (secondary N) is 1. The Labute approximate surface area is 168 Å². The highest BCUT2D eigenvalue weighted by Gasteiger charge is 2.32. The maximum atomic E-state index is 12.4. The zero-order valence-electron chi connectivity index (χ0n) is 16.7. The van der Waals surface area contributed by atoms with Gasteiger partial charge in [0.05, 0.1) is 18.1 Å². The van der Waals surface area contributed by atoms with Crippen LogP contribution in [-0.2, 0) is 11.8 Å². The van der Waals surface area contributed by atoms with E-state index in [-0.39, 0.29) is 17.4 Å². The first kappa shape index (κ1) is 20.1. The van der Waals surface area contributed by atoms with Crippen molar-refractivity contribution in [3.63, 3.8) is 0 Å². The lowest BCUT2D eigenvalue weighted by atomic mass is 10.2. The van der Waals surface area contributed by atoms with Crippen molar-refractivity contribution in [3.8, 4) is 0 Å². The highest BCUT2D eigenvalue weighted by Crippen LogP contribution is 2.29. The number of amides is 1. The van der Waals surface area contributed by atoms with Gasteiger partial charge >= 0.3 is 6.09 Å². The molecular weight excluding hydrogens is 384 g/mol. The van der Waals surface area contributed by atoms with Gasteiger partial charge in [0.1, 0.15) is 5.60 Å². The van der Waals surface area contributed by atoms with Gasteiger partial charge < -0.3 is 19.9 Å².